The standard InChI is InChI=1S/C13H14ClNO/c1-8-4-12(16-3)10(5-11(8)14)13(2)6-9(13)7-15/h4-5,9H,6H2,1-3H3. The van der Waals surface area contributed by atoms with Crippen molar-refractivity contribution in [2.45, 2.75) is 25.7 Å². The summed E-state index contributed by atoms with van der Waals surface area (Å²) in [6, 6.07) is 6.19. The molecule has 1 saturated carbocycles. The molecule has 2 atom stereocenters. The Morgan fingerprint density at radius 2 is 2.25 bits per heavy atom. The highest BCUT2D eigenvalue weighted by molar-refractivity contribution is 6.31. The molecule has 84 valence electrons. The van der Waals surface area contributed by atoms with E-state index in [2.05, 4.69) is 13.0 Å². The quantitative estimate of drug-likeness (QED) is 0.787. The minimum Gasteiger partial charge on any atom is -0.496 e. The lowest BCUT2D eigenvalue weighted by atomic mass is 9.93. The first-order chi connectivity index (χ1) is 7.52. The van der Waals surface area contributed by atoms with Gasteiger partial charge in [-0.1, -0.05) is 18.5 Å². The van der Waals surface area contributed by atoms with Crippen molar-refractivity contribution < 1.29 is 4.74 Å². The van der Waals surface area contributed by atoms with Crippen LogP contribution < -0.4 is 4.74 Å². The number of halogens is 1. The van der Waals surface area contributed by atoms with Crippen LogP contribution in [0.2, 0.25) is 5.02 Å². The van der Waals surface area contributed by atoms with Gasteiger partial charge in [-0.2, -0.15) is 5.26 Å². The highest BCUT2D eigenvalue weighted by atomic mass is 35.5. The van der Waals surface area contributed by atoms with Crippen LogP contribution in [-0.4, -0.2) is 7.11 Å². The average molecular weight is 236 g/mol. The summed E-state index contributed by atoms with van der Waals surface area (Å²) in [6.45, 7) is 4.04. The summed E-state index contributed by atoms with van der Waals surface area (Å²) < 4.78 is 5.37. The van der Waals surface area contributed by atoms with E-state index in [1.165, 1.54) is 0 Å². The van der Waals surface area contributed by atoms with Crippen molar-refractivity contribution in [3.8, 4) is 11.8 Å². The molecule has 3 heteroatoms. The smallest absolute Gasteiger partial charge is 0.123 e. The summed E-state index contributed by atoms with van der Waals surface area (Å²) in [4.78, 5) is 0. The number of aryl methyl sites for hydroxylation is 1. The van der Waals surface area contributed by atoms with Gasteiger partial charge in [0.15, 0.2) is 0 Å². The van der Waals surface area contributed by atoms with E-state index in [0.717, 1.165) is 28.3 Å². The number of nitriles is 1. The summed E-state index contributed by atoms with van der Waals surface area (Å²) in [7, 11) is 1.65. The van der Waals surface area contributed by atoms with E-state index in [9.17, 15) is 0 Å². The zero-order valence-corrected chi connectivity index (χ0v) is 10.4. The number of rotatable bonds is 2. The van der Waals surface area contributed by atoms with Gasteiger partial charge in [-0.05, 0) is 31.0 Å². The maximum absolute atomic E-state index is 8.97. The van der Waals surface area contributed by atoms with Crippen LogP contribution in [0.4, 0.5) is 0 Å². The van der Waals surface area contributed by atoms with E-state index >= 15 is 0 Å². The van der Waals surface area contributed by atoms with E-state index in [1.54, 1.807) is 7.11 Å². The van der Waals surface area contributed by atoms with Crippen LogP contribution in [-0.2, 0) is 5.41 Å². The van der Waals surface area contributed by atoms with Gasteiger partial charge >= 0.3 is 0 Å². The van der Waals surface area contributed by atoms with E-state index in [1.807, 2.05) is 19.1 Å². The van der Waals surface area contributed by atoms with Crippen molar-refractivity contribution in [1.29, 1.82) is 5.26 Å². The van der Waals surface area contributed by atoms with Crippen LogP contribution in [0.15, 0.2) is 12.1 Å². The summed E-state index contributed by atoms with van der Waals surface area (Å²) >= 11 is 6.13. The van der Waals surface area contributed by atoms with E-state index < -0.39 is 0 Å². The minimum atomic E-state index is -0.0859. The Kier molecular flexibility index (Phi) is 2.59. The molecule has 0 spiro atoms. The third-order valence-corrected chi connectivity index (χ3v) is 3.90. The number of hydrogen-bond donors (Lipinski definition) is 0. The maximum Gasteiger partial charge on any atom is 0.123 e. The lowest BCUT2D eigenvalue weighted by Crippen LogP contribution is -2.06. The number of benzene rings is 1. The lowest BCUT2D eigenvalue weighted by Gasteiger charge is -2.16. The van der Waals surface area contributed by atoms with E-state index in [4.69, 9.17) is 21.6 Å². The molecule has 16 heavy (non-hydrogen) atoms. The fourth-order valence-corrected chi connectivity index (χ4v) is 2.28. The van der Waals surface area contributed by atoms with Crippen LogP contribution in [0.1, 0.15) is 24.5 Å². The van der Waals surface area contributed by atoms with Gasteiger partial charge in [0.05, 0.1) is 19.1 Å². The summed E-state index contributed by atoms with van der Waals surface area (Å²) in [6.07, 6.45) is 0.888. The predicted octanol–water partition coefficient (Wildman–Crippen LogP) is 3.46. The third-order valence-electron chi connectivity index (χ3n) is 3.49. The first-order valence-electron chi connectivity index (χ1n) is 5.27. The molecule has 0 aliphatic heterocycles. The predicted molar refractivity (Wildman–Crippen MR) is 63.8 cm³/mol. The fraction of sp³-hybridized carbons (Fsp3) is 0.462. The molecular weight excluding hydrogens is 222 g/mol. The fourth-order valence-electron chi connectivity index (χ4n) is 2.12. The van der Waals surface area contributed by atoms with Gasteiger partial charge < -0.3 is 4.74 Å². The van der Waals surface area contributed by atoms with Crippen molar-refractivity contribution in [1.82, 2.24) is 0 Å². The highest BCUT2D eigenvalue weighted by Gasteiger charge is 2.53. The molecule has 1 aromatic carbocycles. The molecule has 0 saturated heterocycles. The molecule has 0 bridgehead atoms. The summed E-state index contributed by atoms with van der Waals surface area (Å²) in [5.74, 6) is 0.919. The molecule has 0 radical (unpaired) electrons. The SMILES string of the molecule is COc1cc(C)c(Cl)cc1C1(C)CC1C#N. The Morgan fingerprint density at radius 1 is 1.56 bits per heavy atom. The lowest BCUT2D eigenvalue weighted by molar-refractivity contribution is 0.404. The molecule has 2 unspecified atom stereocenters. The second-order valence-corrected chi connectivity index (χ2v) is 5.01. The molecule has 0 aromatic heterocycles. The topological polar surface area (TPSA) is 33.0 Å². The Hall–Kier alpha value is -1.20. The van der Waals surface area contributed by atoms with Crippen molar-refractivity contribution in [2.24, 2.45) is 5.92 Å². The number of nitrogens with zero attached hydrogens (tertiary/aromatic N) is 1. The summed E-state index contributed by atoms with van der Waals surface area (Å²) in [5.41, 5.74) is 1.97. The van der Waals surface area contributed by atoms with Crippen molar-refractivity contribution in [3.05, 3.63) is 28.3 Å². The Bertz CT molecular complexity index is 478. The van der Waals surface area contributed by atoms with Crippen molar-refractivity contribution >= 4 is 11.6 Å². The molecule has 2 rings (SSSR count). The Balaban J connectivity index is 2.50. The molecule has 1 aliphatic rings. The van der Waals surface area contributed by atoms with Gasteiger partial charge in [-0.15, -0.1) is 0 Å². The summed E-state index contributed by atoms with van der Waals surface area (Å²) in [5, 5.41) is 9.70. The Morgan fingerprint density at radius 3 is 2.75 bits per heavy atom. The van der Waals surface area contributed by atoms with Crippen LogP contribution in [0.25, 0.3) is 0 Å². The van der Waals surface area contributed by atoms with Crippen LogP contribution in [0.3, 0.4) is 0 Å². The van der Waals surface area contributed by atoms with Gasteiger partial charge in [0.1, 0.15) is 5.75 Å². The monoisotopic (exact) mass is 235 g/mol. The zero-order valence-electron chi connectivity index (χ0n) is 9.67. The van der Waals surface area contributed by atoms with Gasteiger partial charge in [0.2, 0.25) is 0 Å². The number of methoxy groups -OCH3 is 1. The highest BCUT2D eigenvalue weighted by Crippen LogP contribution is 2.56. The normalized spacial score (nSPS) is 27.3. The molecule has 1 aromatic rings. The van der Waals surface area contributed by atoms with Crippen LogP contribution in [0.5, 0.6) is 5.75 Å². The average Bonchev–Trinajstić information content (AvgIpc) is 2.94. The Labute approximate surface area is 101 Å². The minimum absolute atomic E-state index is 0.0835. The van der Waals surface area contributed by atoms with E-state index in [-0.39, 0.29) is 11.3 Å². The van der Waals surface area contributed by atoms with Gasteiger partial charge in [0, 0.05) is 16.0 Å². The second-order valence-electron chi connectivity index (χ2n) is 4.60. The first kappa shape index (κ1) is 11.3. The van der Waals surface area contributed by atoms with E-state index in [0.29, 0.717) is 0 Å². The first-order valence-corrected chi connectivity index (χ1v) is 5.65. The van der Waals surface area contributed by atoms with Crippen LogP contribution >= 0.6 is 11.6 Å². The molecule has 0 amide bonds. The van der Waals surface area contributed by atoms with Gasteiger partial charge in [0.25, 0.3) is 0 Å². The van der Waals surface area contributed by atoms with Crippen molar-refractivity contribution in [3.63, 3.8) is 0 Å². The number of ether oxygens (including phenoxy) is 1. The molecular formula is C13H14ClNO. The third kappa shape index (κ3) is 1.56. The zero-order chi connectivity index (χ0) is 11.9. The second kappa shape index (κ2) is 3.68. The largest absolute Gasteiger partial charge is 0.496 e. The molecule has 2 nitrogen and oxygen atoms in total. The van der Waals surface area contributed by atoms with Gasteiger partial charge in [-0.3, -0.25) is 0 Å². The number of hydrogen-bond acceptors (Lipinski definition) is 2. The molecule has 0 N–H and O–H groups in total. The van der Waals surface area contributed by atoms with Crippen molar-refractivity contribution in [2.75, 3.05) is 7.11 Å². The molecule has 0 heterocycles. The molecule has 1 aliphatic carbocycles. The maximum atomic E-state index is 8.97. The van der Waals surface area contributed by atoms with Gasteiger partial charge in [-0.25, -0.2) is 0 Å². The van der Waals surface area contributed by atoms with Crippen LogP contribution in [0, 0.1) is 24.2 Å². The molecule has 1 fully saturated rings.